The third kappa shape index (κ3) is 26.8. The summed E-state index contributed by atoms with van der Waals surface area (Å²) in [4.78, 5) is 81.0. The molecule has 0 aromatic carbocycles. The average Bonchev–Trinajstić information content (AvgIpc) is 3.13. The number of aliphatic carboxylic acids is 1. The van der Waals surface area contributed by atoms with Gasteiger partial charge in [-0.25, -0.2) is 0 Å². The summed E-state index contributed by atoms with van der Waals surface area (Å²) < 4.78 is 1.85. The minimum Gasteiger partial charge on any atom is -0.481 e. The molecule has 0 fully saturated rings. The number of aromatic nitrogens is 3. The van der Waals surface area contributed by atoms with Gasteiger partial charge < -0.3 is 23.5 Å². The number of aryl methyl sites for hydroxylation is 4. The predicted molar refractivity (Wildman–Crippen MR) is 229 cm³/mol. The maximum Gasteiger partial charge on any atom is 0.300 e. The van der Waals surface area contributed by atoms with Gasteiger partial charge in [-0.1, -0.05) is 32.1 Å². The fraction of sp³-hybridized carbons (Fsp3) is 0.400. The molecule has 0 bridgehead atoms. The molecule has 0 atom stereocenters. The monoisotopic (exact) mass is 793 g/mol. The van der Waals surface area contributed by atoms with E-state index in [-0.39, 0.29) is 30.9 Å². The molecule has 0 radical (unpaired) electrons. The average molecular weight is 793 g/mol. The van der Waals surface area contributed by atoms with Gasteiger partial charge in [0.2, 0.25) is 18.1 Å². The lowest BCUT2D eigenvalue weighted by atomic mass is 10.00. The molecule has 3 aromatic heterocycles. The van der Waals surface area contributed by atoms with Crippen molar-refractivity contribution in [3.63, 3.8) is 0 Å². The highest BCUT2D eigenvalue weighted by Crippen LogP contribution is 2.27. The maximum absolute atomic E-state index is 11.2. The molecule has 0 saturated heterocycles. The number of hydrogen-bond acceptors (Lipinski definition) is 10. The van der Waals surface area contributed by atoms with Crippen LogP contribution in [0.5, 0.6) is 0 Å². The van der Waals surface area contributed by atoms with E-state index < -0.39 is 17.5 Å². The van der Waals surface area contributed by atoms with Gasteiger partial charge in [-0.3, -0.25) is 38.7 Å². The molecule has 3 rings (SSSR count). The van der Waals surface area contributed by atoms with Gasteiger partial charge in [0.25, 0.3) is 5.97 Å². The molecule has 0 aliphatic rings. The molecule has 57 heavy (non-hydrogen) atoms. The second-order valence-electron chi connectivity index (χ2n) is 12.3. The number of ketones is 5. The second-order valence-corrected chi connectivity index (χ2v) is 12.3. The van der Waals surface area contributed by atoms with Crippen LogP contribution in [0.3, 0.4) is 0 Å². The summed E-state index contributed by atoms with van der Waals surface area (Å²) in [6.45, 7) is 27.3. The molecule has 12 nitrogen and oxygen atoms in total. The van der Waals surface area contributed by atoms with Gasteiger partial charge in [0.05, 0.1) is 11.4 Å². The fourth-order valence-electron chi connectivity index (χ4n) is 4.07. The number of pyridine rings is 3. The highest BCUT2D eigenvalue weighted by Gasteiger charge is 2.16. The normalized spacial score (nSPS) is 9.67. The number of allylic oxidation sites excluding steroid dienone is 4. The SMILES string of the molecule is C/C=C(\C)C(=O)C(=O)/C(C)=C/C.CC(=O)C[n+]1ccccc1.CC(=O)O.CC=O.CCC(=O)C(=O)CC.Cc1cc(C)c(C)c(-c2nc(C)cc(C)c2C)n1.N.[CH3-]. The van der Waals surface area contributed by atoms with Gasteiger partial charge in [-0.15, -0.1) is 0 Å². The largest absolute Gasteiger partial charge is 0.481 e. The molecule has 0 amide bonds. The minimum atomic E-state index is -0.833. The van der Waals surface area contributed by atoms with Crippen molar-refractivity contribution in [2.75, 3.05) is 0 Å². The Hall–Kier alpha value is -5.62. The number of carbonyl (C=O) groups is 7. The first-order valence-electron chi connectivity index (χ1n) is 17.9. The Balaban J connectivity index is -0.000000205. The molecule has 0 saturated carbocycles. The number of nitrogens with zero attached hydrogens (tertiary/aromatic N) is 3. The lowest BCUT2D eigenvalue weighted by Crippen LogP contribution is -2.35. The van der Waals surface area contributed by atoms with Crippen molar-refractivity contribution in [3.05, 3.63) is 107 Å². The van der Waals surface area contributed by atoms with Gasteiger partial charge in [-0.2, -0.15) is 4.57 Å². The van der Waals surface area contributed by atoms with E-state index >= 15 is 0 Å². The Labute approximate surface area is 341 Å². The Morgan fingerprint density at radius 1 is 0.649 bits per heavy atom. The quantitative estimate of drug-likeness (QED) is 0.0691. The van der Waals surface area contributed by atoms with Crippen LogP contribution >= 0.6 is 0 Å². The fourth-order valence-corrected chi connectivity index (χ4v) is 4.07. The summed E-state index contributed by atoms with van der Waals surface area (Å²) in [7, 11) is 0. The zero-order valence-corrected chi connectivity index (χ0v) is 37.2. The third-order valence-corrected chi connectivity index (χ3v) is 7.47. The number of rotatable bonds is 9. The summed E-state index contributed by atoms with van der Waals surface area (Å²) in [5.41, 5.74) is 10.1. The minimum absolute atomic E-state index is 0. The molecule has 0 aliphatic heterocycles. The van der Waals surface area contributed by atoms with Gasteiger partial charge in [0, 0.05) is 50.2 Å². The van der Waals surface area contributed by atoms with E-state index in [1.165, 1.54) is 29.2 Å². The first kappa shape index (κ1) is 60.6. The standard InChI is InChI=1S/C16H20N2.C10H14O2.C8H10NO.C6H10O2.C2H4O2.C2H4O.CH3.H3N/c1-9-7-11(3)17-15(13(9)5)16-14(6)10(2)8-12(4)18-16;1-5-7(3)9(11)10(12)8(4)6-2;1-8(10)7-9-5-3-2-4-6-9;1-3-5(7)6(8)4-2;1-2(3)4;1-2-3;;/h7-8H,1-6H3;5-6H,1-4H3;2-6H,7H2,1H3;3-4H2,1-2H3;1H3,(H,3,4);2H,1H3;2*1H3/q;;+1;;;;-1;/b;7-5+,8-6+;;;;;;. The molecule has 3 aromatic rings. The molecule has 3 heterocycles. The highest BCUT2D eigenvalue weighted by molar-refractivity contribution is 6.48. The van der Waals surface area contributed by atoms with Crippen molar-refractivity contribution in [1.82, 2.24) is 16.1 Å². The van der Waals surface area contributed by atoms with Crippen LogP contribution in [0.25, 0.3) is 11.4 Å². The van der Waals surface area contributed by atoms with E-state index in [1.807, 2.05) is 49.0 Å². The predicted octanol–water partition coefficient (Wildman–Crippen LogP) is 8.47. The lowest BCUT2D eigenvalue weighted by molar-refractivity contribution is -0.684. The molecule has 4 N–H and O–H groups in total. The van der Waals surface area contributed by atoms with E-state index in [1.54, 1.807) is 60.6 Å². The van der Waals surface area contributed by atoms with Crippen molar-refractivity contribution < 1.29 is 43.2 Å². The van der Waals surface area contributed by atoms with Gasteiger partial charge in [0.1, 0.15) is 6.29 Å². The first-order chi connectivity index (χ1) is 25.6. The first-order valence-corrected chi connectivity index (χ1v) is 17.9. The van der Waals surface area contributed by atoms with Crippen molar-refractivity contribution >= 4 is 41.2 Å². The van der Waals surface area contributed by atoms with Crippen LogP contribution in [0, 0.1) is 49.0 Å². The van der Waals surface area contributed by atoms with E-state index in [0.29, 0.717) is 30.5 Å². The molecule has 316 valence electrons. The van der Waals surface area contributed by atoms with E-state index in [0.717, 1.165) is 36.0 Å². The van der Waals surface area contributed by atoms with E-state index in [9.17, 15) is 24.0 Å². The second kappa shape index (κ2) is 33.7. The van der Waals surface area contributed by atoms with Crippen molar-refractivity contribution in [3.8, 4) is 11.4 Å². The number of aldehydes is 1. The Morgan fingerprint density at radius 3 is 1.19 bits per heavy atom. The number of carbonyl (C=O) groups excluding carboxylic acids is 6. The Bertz CT molecular complexity index is 1710. The van der Waals surface area contributed by atoms with Crippen LogP contribution in [0.2, 0.25) is 0 Å². The Morgan fingerprint density at radius 2 is 0.947 bits per heavy atom. The van der Waals surface area contributed by atoms with Crippen LogP contribution in [0.4, 0.5) is 0 Å². The summed E-state index contributed by atoms with van der Waals surface area (Å²) in [5, 5.41) is 7.42. The van der Waals surface area contributed by atoms with E-state index in [2.05, 4.69) is 49.8 Å². The zero-order chi connectivity index (χ0) is 43.4. The van der Waals surface area contributed by atoms with Crippen LogP contribution in [0.15, 0.2) is 66.0 Å². The van der Waals surface area contributed by atoms with Gasteiger partial charge in [0.15, 0.2) is 29.7 Å². The van der Waals surface area contributed by atoms with Crippen LogP contribution in [-0.4, -0.2) is 56.2 Å². The smallest absolute Gasteiger partial charge is 0.300 e. The topological polar surface area (TPSA) is 204 Å². The molecule has 12 heteroatoms. The summed E-state index contributed by atoms with van der Waals surface area (Å²) in [6.07, 6.45) is 8.47. The highest BCUT2D eigenvalue weighted by atomic mass is 16.4. The molecule has 0 aliphatic carbocycles. The third-order valence-electron chi connectivity index (χ3n) is 7.47. The summed E-state index contributed by atoms with van der Waals surface area (Å²) >= 11 is 0. The van der Waals surface area contributed by atoms with Gasteiger partial charge in [-0.05, 0) is 122 Å². The maximum atomic E-state index is 11.2. The molecule has 0 spiro atoms. The summed E-state index contributed by atoms with van der Waals surface area (Å²) in [5.74, 6) is -1.99. The van der Waals surface area contributed by atoms with Crippen LogP contribution < -0.4 is 10.7 Å². The van der Waals surface area contributed by atoms with E-state index in [4.69, 9.17) is 14.7 Å². The summed E-state index contributed by atoms with van der Waals surface area (Å²) in [6, 6.07) is 9.98. The van der Waals surface area contributed by atoms with Gasteiger partial charge >= 0.3 is 0 Å². The number of Topliss-reactive ketones (excluding diaryl/α,β-unsaturated/α-hetero) is 5. The van der Waals surface area contributed by atoms with Crippen LogP contribution in [0.1, 0.15) is 109 Å². The van der Waals surface area contributed by atoms with Crippen molar-refractivity contribution in [2.45, 2.75) is 123 Å². The number of carboxylic acids is 1. The van der Waals surface area contributed by atoms with Crippen LogP contribution in [-0.2, 0) is 40.1 Å². The van der Waals surface area contributed by atoms with Crippen molar-refractivity contribution in [1.29, 1.82) is 0 Å². The molecule has 0 unspecified atom stereocenters. The lowest BCUT2D eigenvalue weighted by Gasteiger charge is -2.13. The molecular formula is C45H68N4O8. The number of carboxylic acid groups (broad SMARTS) is 1. The van der Waals surface area contributed by atoms with Crippen molar-refractivity contribution in [2.24, 2.45) is 0 Å². The Kier molecular flexibility index (Phi) is 35.8. The zero-order valence-electron chi connectivity index (χ0n) is 37.2. The molecular weight excluding hydrogens is 725 g/mol. The number of hydrogen-bond donors (Lipinski definition) is 2.